The second-order valence-corrected chi connectivity index (χ2v) is 7.18. The molecule has 0 atom stereocenters. The van der Waals surface area contributed by atoms with Gasteiger partial charge in [-0.1, -0.05) is 36.8 Å². The fraction of sp³-hybridized carbons (Fsp3) is 0.348. The van der Waals surface area contributed by atoms with E-state index in [1.807, 2.05) is 66.9 Å². The van der Waals surface area contributed by atoms with Crippen molar-refractivity contribution in [2.45, 2.75) is 39.7 Å². The van der Waals surface area contributed by atoms with Gasteiger partial charge in [0.15, 0.2) is 0 Å². The number of hydrogen-bond donors (Lipinski definition) is 2. The lowest BCUT2D eigenvalue weighted by molar-refractivity contribution is -0.121. The van der Waals surface area contributed by atoms with Crippen LogP contribution in [0.15, 0.2) is 48.5 Å². The van der Waals surface area contributed by atoms with Crippen molar-refractivity contribution in [1.29, 1.82) is 0 Å². The number of aromatic nitrogens is 2. The van der Waals surface area contributed by atoms with E-state index in [-0.39, 0.29) is 18.4 Å². The van der Waals surface area contributed by atoms with E-state index in [0.717, 1.165) is 35.3 Å². The molecule has 152 valence electrons. The average Bonchev–Trinajstić information content (AvgIpc) is 3.07. The quantitative estimate of drug-likeness (QED) is 0.549. The van der Waals surface area contributed by atoms with E-state index in [4.69, 9.17) is 4.98 Å². The first kappa shape index (κ1) is 20.6. The van der Waals surface area contributed by atoms with Gasteiger partial charge in [0.25, 0.3) is 5.91 Å². The fourth-order valence-electron chi connectivity index (χ4n) is 3.21. The summed E-state index contributed by atoms with van der Waals surface area (Å²) in [6.07, 6.45) is 2.34. The maximum absolute atomic E-state index is 12.2. The number of aryl methyl sites for hydroxylation is 2. The molecule has 29 heavy (non-hydrogen) atoms. The van der Waals surface area contributed by atoms with Gasteiger partial charge in [-0.05, 0) is 44.0 Å². The molecule has 6 nitrogen and oxygen atoms in total. The highest BCUT2D eigenvalue weighted by Gasteiger charge is 2.13. The molecule has 3 aromatic rings. The molecule has 0 aliphatic carbocycles. The van der Waals surface area contributed by atoms with Gasteiger partial charge < -0.3 is 15.2 Å². The van der Waals surface area contributed by atoms with E-state index in [0.29, 0.717) is 25.1 Å². The number of amides is 2. The molecule has 0 saturated heterocycles. The number of imidazole rings is 1. The first-order valence-corrected chi connectivity index (χ1v) is 10.1. The minimum atomic E-state index is -0.0718. The normalized spacial score (nSPS) is 10.8. The number of fused-ring (bicyclic) bond motifs is 1. The highest BCUT2D eigenvalue weighted by Crippen LogP contribution is 2.17. The second-order valence-electron chi connectivity index (χ2n) is 7.18. The van der Waals surface area contributed by atoms with Crippen LogP contribution in [0.4, 0.5) is 0 Å². The molecule has 2 aromatic carbocycles. The number of hydrogen-bond acceptors (Lipinski definition) is 3. The van der Waals surface area contributed by atoms with E-state index in [2.05, 4.69) is 10.6 Å². The Kier molecular flexibility index (Phi) is 7.00. The zero-order chi connectivity index (χ0) is 20.6. The number of nitrogens with zero attached hydrogens (tertiary/aromatic N) is 2. The third-order valence-electron chi connectivity index (χ3n) is 4.78. The summed E-state index contributed by atoms with van der Waals surface area (Å²) in [5.74, 6) is 0.781. The Bertz CT molecular complexity index is 976. The van der Waals surface area contributed by atoms with Gasteiger partial charge in [0.2, 0.25) is 5.91 Å². The summed E-state index contributed by atoms with van der Waals surface area (Å²) in [6.45, 7) is 5.51. The van der Waals surface area contributed by atoms with Gasteiger partial charge in [-0.3, -0.25) is 9.59 Å². The van der Waals surface area contributed by atoms with Crippen molar-refractivity contribution in [3.05, 3.63) is 65.5 Å². The molecule has 0 aliphatic rings. The predicted molar refractivity (Wildman–Crippen MR) is 115 cm³/mol. The first-order chi connectivity index (χ1) is 14.1. The van der Waals surface area contributed by atoms with Crippen molar-refractivity contribution in [2.75, 3.05) is 13.1 Å². The van der Waals surface area contributed by atoms with Crippen molar-refractivity contribution in [2.24, 2.45) is 0 Å². The van der Waals surface area contributed by atoms with Gasteiger partial charge in [-0.15, -0.1) is 0 Å². The molecule has 1 aromatic heterocycles. The molecular weight excluding hydrogens is 364 g/mol. The third kappa shape index (κ3) is 5.44. The Balaban J connectivity index is 1.61. The summed E-state index contributed by atoms with van der Waals surface area (Å²) in [5, 5.41) is 5.88. The molecule has 0 unspecified atom stereocenters. The molecule has 3 rings (SSSR count). The Morgan fingerprint density at radius 3 is 2.52 bits per heavy atom. The summed E-state index contributed by atoms with van der Waals surface area (Å²) in [5.41, 5.74) is 3.63. The van der Waals surface area contributed by atoms with E-state index in [1.54, 1.807) is 0 Å². The summed E-state index contributed by atoms with van der Waals surface area (Å²) >= 11 is 0. The Morgan fingerprint density at radius 1 is 1.00 bits per heavy atom. The van der Waals surface area contributed by atoms with Crippen LogP contribution in [0.2, 0.25) is 0 Å². The Morgan fingerprint density at radius 2 is 1.76 bits per heavy atom. The average molecular weight is 393 g/mol. The largest absolute Gasteiger partial charge is 0.355 e. The van der Waals surface area contributed by atoms with Crippen LogP contribution in [-0.4, -0.2) is 34.5 Å². The number of carbonyl (C=O) groups is 2. The number of nitrogens with one attached hydrogen (secondary N) is 2. The molecule has 0 aliphatic heterocycles. The molecule has 0 bridgehead atoms. The van der Waals surface area contributed by atoms with Crippen molar-refractivity contribution in [3.8, 4) is 0 Å². The molecule has 0 saturated carbocycles. The smallest absolute Gasteiger partial charge is 0.251 e. The summed E-state index contributed by atoms with van der Waals surface area (Å²) in [7, 11) is 0. The molecule has 0 fully saturated rings. The topological polar surface area (TPSA) is 76.0 Å². The monoisotopic (exact) mass is 392 g/mol. The molecule has 1 heterocycles. The lowest BCUT2D eigenvalue weighted by Gasteiger charge is -2.10. The highest BCUT2D eigenvalue weighted by molar-refractivity contribution is 5.94. The highest BCUT2D eigenvalue weighted by atomic mass is 16.2. The molecule has 0 spiro atoms. The van der Waals surface area contributed by atoms with Gasteiger partial charge in [0, 0.05) is 25.1 Å². The summed E-state index contributed by atoms with van der Waals surface area (Å²) in [6, 6.07) is 15.4. The Hall–Kier alpha value is -3.15. The summed E-state index contributed by atoms with van der Waals surface area (Å²) < 4.78 is 1.97. The summed E-state index contributed by atoms with van der Waals surface area (Å²) in [4.78, 5) is 29.2. The van der Waals surface area contributed by atoms with Gasteiger partial charge >= 0.3 is 0 Å². The fourth-order valence-corrected chi connectivity index (χ4v) is 3.21. The van der Waals surface area contributed by atoms with E-state index < -0.39 is 0 Å². The third-order valence-corrected chi connectivity index (χ3v) is 4.78. The standard InChI is InChI=1S/C23H28N4O2/c1-3-14-24-22(28)16-27-20-8-5-4-7-19(20)26-21(27)9-6-15-25-23(29)18-12-10-17(2)11-13-18/h4-5,7-8,10-13H,3,6,9,14-16H2,1-2H3,(H,24,28)(H,25,29). The predicted octanol–water partition coefficient (Wildman–Crippen LogP) is 3.23. The van der Waals surface area contributed by atoms with Crippen LogP contribution in [0.5, 0.6) is 0 Å². The van der Waals surface area contributed by atoms with Crippen molar-refractivity contribution < 1.29 is 9.59 Å². The lowest BCUT2D eigenvalue weighted by Crippen LogP contribution is -2.29. The molecule has 0 radical (unpaired) electrons. The van der Waals surface area contributed by atoms with Crippen LogP contribution in [0, 0.1) is 6.92 Å². The van der Waals surface area contributed by atoms with Crippen LogP contribution in [-0.2, 0) is 17.8 Å². The number of rotatable bonds is 9. The van der Waals surface area contributed by atoms with Gasteiger partial charge in [0.05, 0.1) is 11.0 Å². The first-order valence-electron chi connectivity index (χ1n) is 10.1. The Labute approximate surface area is 171 Å². The molecule has 2 amide bonds. The van der Waals surface area contributed by atoms with Crippen LogP contribution < -0.4 is 10.6 Å². The second kappa shape index (κ2) is 9.87. The maximum atomic E-state index is 12.2. The molecular formula is C23H28N4O2. The number of para-hydroxylation sites is 2. The van der Waals surface area contributed by atoms with E-state index in [1.165, 1.54) is 0 Å². The number of carbonyl (C=O) groups excluding carboxylic acids is 2. The minimum Gasteiger partial charge on any atom is -0.355 e. The van der Waals surface area contributed by atoms with Crippen molar-refractivity contribution in [3.63, 3.8) is 0 Å². The van der Waals surface area contributed by atoms with Gasteiger partial charge in [-0.2, -0.15) is 0 Å². The number of benzene rings is 2. The van der Waals surface area contributed by atoms with E-state index in [9.17, 15) is 9.59 Å². The maximum Gasteiger partial charge on any atom is 0.251 e. The van der Waals surface area contributed by atoms with Crippen LogP contribution >= 0.6 is 0 Å². The van der Waals surface area contributed by atoms with Gasteiger partial charge in [0.1, 0.15) is 12.4 Å². The lowest BCUT2D eigenvalue weighted by atomic mass is 10.1. The van der Waals surface area contributed by atoms with Crippen LogP contribution in [0.25, 0.3) is 11.0 Å². The zero-order valence-corrected chi connectivity index (χ0v) is 17.1. The minimum absolute atomic E-state index is 0.0103. The molecule has 6 heteroatoms. The molecule has 2 N–H and O–H groups in total. The van der Waals surface area contributed by atoms with Crippen molar-refractivity contribution in [1.82, 2.24) is 20.2 Å². The van der Waals surface area contributed by atoms with Crippen molar-refractivity contribution >= 4 is 22.8 Å². The SMILES string of the molecule is CCCNC(=O)Cn1c(CCCNC(=O)c2ccc(C)cc2)nc2ccccc21. The zero-order valence-electron chi connectivity index (χ0n) is 17.1. The van der Waals surface area contributed by atoms with Gasteiger partial charge in [-0.25, -0.2) is 4.98 Å². The van der Waals surface area contributed by atoms with Crippen LogP contribution in [0.3, 0.4) is 0 Å². The van der Waals surface area contributed by atoms with E-state index >= 15 is 0 Å². The van der Waals surface area contributed by atoms with Crippen LogP contribution in [0.1, 0.15) is 41.5 Å².